The van der Waals surface area contributed by atoms with Crippen LogP contribution in [0.5, 0.6) is 0 Å². The van der Waals surface area contributed by atoms with Gasteiger partial charge in [0.2, 0.25) is 9.76 Å². The molecule has 0 aromatic heterocycles. The van der Waals surface area contributed by atoms with Crippen molar-refractivity contribution in [3.63, 3.8) is 0 Å². The van der Waals surface area contributed by atoms with E-state index in [1.54, 1.807) is 27.7 Å². The van der Waals surface area contributed by atoms with Crippen molar-refractivity contribution in [2.75, 3.05) is 11.7 Å². The van der Waals surface area contributed by atoms with E-state index in [2.05, 4.69) is 0 Å². The number of amides is 2. The molecular weight excluding hydrogens is 419 g/mol. The van der Waals surface area contributed by atoms with Gasteiger partial charge in [-0.3, -0.25) is 0 Å². The maximum atomic E-state index is 13.9. The van der Waals surface area contributed by atoms with Gasteiger partial charge in [-0.15, -0.1) is 5.12 Å². The van der Waals surface area contributed by atoms with E-state index in [1.807, 2.05) is 0 Å². The Kier molecular flexibility index (Phi) is 10.5. The molecule has 0 aliphatic carbocycles. The van der Waals surface area contributed by atoms with Crippen LogP contribution in [0.2, 0.25) is 6.04 Å². The molecule has 1 rings (SSSR count). The summed E-state index contributed by atoms with van der Waals surface area (Å²) in [6, 6.07) is -0.663. The molecule has 12 heteroatoms. The van der Waals surface area contributed by atoms with E-state index in [0.717, 1.165) is 0 Å². The van der Waals surface area contributed by atoms with Gasteiger partial charge in [0.25, 0.3) is 6.48 Å². The summed E-state index contributed by atoms with van der Waals surface area (Å²) in [7, 11) is -0.146. The lowest BCUT2D eigenvalue weighted by Gasteiger charge is -2.23. The van der Waals surface area contributed by atoms with Crippen molar-refractivity contribution in [1.82, 2.24) is 5.12 Å². The number of nitrogens with zero attached hydrogens (tertiary/aromatic N) is 2. The predicted molar refractivity (Wildman–Crippen MR) is 95.6 cm³/mol. The summed E-state index contributed by atoms with van der Waals surface area (Å²) in [4.78, 5) is 11.7. The molecule has 29 heavy (non-hydrogen) atoms. The summed E-state index contributed by atoms with van der Waals surface area (Å²) in [6.07, 6.45) is -0.199. The predicted octanol–water partition coefficient (Wildman–Crippen LogP) is 4.68. The first-order chi connectivity index (χ1) is 13.5. The first-order valence-electron chi connectivity index (χ1n) is 8.80. The molecule has 0 N–H and O–H groups in total. The lowest BCUT2D eigenvalue weighted by Crippen LogP contribution is -2.35. The molecule has 0 aliphatic heterocycles. The summed E-state index contributed by atoms with van der Waals surface area (Å²) < 4.78 is 83.4. The third-order valence-corrected chi connectivity index (χ3v) is 4.10. The molecule has 1 aromatic carbocycles. The largest absolute Gasteiger partial charge is 0.381 e. The van der Waals surface area contributed by atoms with Crippen molar-refractivity contribution in [2.24, 2.45) is 0 Å². The molecule has 0 heterocycles. The number of rotatable bonds is 11. The zero-order chi connectivity index (χ0) is 22.1. The van der Waals surface area contributed by atoms with Crippen molar-refractivity contribution in [2.45, 2.75) is 58.8 Å². The second kappa shape index (κ2) is 12.1. The highest BCUT2D eigenvalue weighted by molar-refractivity contribution is 6.27. The zero-order valence-corrected chi connectivity index (χ0v) is 17.4. The smallest absolute Gasteiger partial charge is 0.372 e. The molecule has 0 spiro atoms. The van der Waals surface area contributed by atoms with E-state index < -0.39 is 52.4 Å². The van der Waals surface area contributed by atoms with E-state index in [1.165, 1.54) is 0 Å². The van der Waals surface area contributed by atoms with Gasteiger partial charge in [0, 0.05) is 0 Å². The molecule has 164 valence electrons. The molecule has 0 fully saturated rings. The van der Waals surface area contributed by atoms with Crippen molar-refractivity contribution >= 4 is 21.5 Å². The topological polar surface area (TPSA) is 51.2 Å². The summed E-state index contributed by atoms with van der Waals surface area (Å²) in [6.45, 7) is 5.78. The fraction of sp³-hybridized carbons (Fsp3) is 0.588. The quantitative estimate of drug-likeness (QED) is 0.125. The Morgan fingerprint density at radius 2 is 1.62 bits per heavy atom. The van der Waals surface area contributed by atoms with Crippen molar-refractivity contribution in [3.8, 4) is 0 Å². The van der Waals surface area contributed by atoms with Gasteiger partial charge in [-0.2, -0.15) is 5.12 Å². The van der Waals surface area contributed by atoms with Gasteiger partial charge in [0.05, 0.1) is 18.8 Å². The number of ether oxygens (including phenoxy) is 2. The van der Waals surface area contributed by atoms with Gasteiger partial charge >= 0.3 is 6.03 Å². The van der Waals surface area contributed by atoms with E-state index in [0.29, 0.717) is 18.2 Å². The molecule has 1 aromatic rings. The Morgan fingerprint density at radius 3 is 2.17 bits per heavy atom. The second-order valence-corrected chi connectivity index (χ2v) is 7.39. The average Bonchev–Trinajstić information content (AvgIpc) is 2.63. The Balaban J connectivity index is 2.46. The molecule has 0 aliphatic rings. The Hall–Kier alpha value is -1.76. The molecule has 0 atom stereocenters. The number of anilines is 1. The van der Waals surface area contributed by atoms with Crippen LogP contribution in [0.25, 0.3) is 0 Å². The third-order valence-electron chi connectivity index (χ3n) is 3.18. The summed E-state index contributed by atoms with van der Waals surface area (Å²) >= 11 is 0. The van der Waals surface area contributed by atoms with Gasteiger partial charge < -0.3 is 13.9 Å². The van der Waals surface area contributed by atoms with Crippen LogP contribution in [0, 0.1) is 17.5 Å². The minimum absolute atomic E-state index is 0.0882. The first kappa shape index (κ1) is 25.3. The maximum Gasteiger partial charge on any atom is 0.381 e. The van der Waals surface area contributed by atoms with E-state index in [9.17, 15) is 26.9 Å². The number of carbonyl (C=O) groups is 1. The van der Waals surface area contributed by atoms with Gasteiger partial charge in [0.1, 0.15) is 5.69 Å². The minimum atomic E-state index is -1.97. The highest BCUT2D eigenvalue weighted by Gasteiger charge is 2.27. The Morgan fingerprint density at radius 1 is 1.03 bits per heavy atom. The van der Waals surface area contributed by atoms with Gasteiger partial charge in [-0.1, -0.05) is 8.96 Å². The van der Waals surface area contributed by atoms with E-state index >= 15 is 0 Å². The van der Waals surface area contributed by atoms with Gasteiger partial charge in [-0.25, -0.2) is 18.0 Å². The lowest BCUT2D eigenvalue weighted by atomic mass is 10.3. The van der Waals surface area contributed by atoms with Crippen LogP contribution in [0.15, 0.2) is 12.1 Å². The van der Waals surface area contributed by atoms with E-state index in [4.69, 9.17) is 13.9 Å². The molecule has 2 radical (unpaired) electrons. The van der Waals surface area contributed by atoms with Gasteiger partial charge in [-0.05, 0) is 52.3 Å². The molecule has 6 nitrogen and oxygen atoms in total. The minimum Gasteiger partial charge on any atom is -0.372 e. The van der Waals surface area contributed by atoms with Crippen LogP contribution in [0.1, 0.15) is 34.1 Å². The number of benzene rings is 1. The van der Waals surface area contributed by atoms with E-state index in [-0.39, 0.29) is 28.4 Å². The number of carbonyl (C=O) groups excluding carboxylic acids is 1. The Labute approximate surface area is 168 Å². The number of hydrogen-bond acceptors (Lipinski definition) is 4. The van der Waals surface area contributed by atoms with Crippen LogP contribution in [0.3, 0.4) is 0 Å². The SMILES string of the molecule is CC(C)OC(O[Si]CCCN(F)C(=O)N(F)c1ccc(F)c(F)c1F)OC(C)C. The van der Waals surface area contributed by atoms with Crippen LogP contribution >= 0.6 is 0 Å². The van der Waals surface area contributed by atoms with Crippen molar-refractivity contribution < 1.29 is 40.8 Å². The number of halogens is 5. The lowest BCUT2D eigenvalue weighted by molar-refractivity contribution is -0.275. The first-order valence-corrected chi connectivity index (χ1v) is 9.92. The second-order valence-electron chi connectivity index (χ2n) is 6.37. The molecular formula is C17H23F5N2O4Si. The normalized spacial score (nSPS) is 11.6. The third kappa shape index (κ3) is 8.24. The summed E-state index contributed by atoms with van der Waals surface area (Å²) in [5, 5.41) is -1.43. The Bertz CT molecular complexity index is 659. The van der Waals surface area contributed by atoms with Crippen LogP contribution in [-0.4, -0.2) is 46.1 Å². The van der Waals surface area contributed by atoms with Gasteiger partial charge in [0.15, 0.2) is 17.5 Å². The van der Waals surface area contributed by atoms with Crippen LogP contribution in [0.4, 0.5) is 32.6 Å². The van der Waals surface area contributed by atoms with Crippen molar-refractivity contribution in [1.29, 1.82) is 0 Å². The molecule has 0 saturated carbocycles. The standard InChI is InChI=1S/C17H23F5N2O4Si/c1-10(2)26-17(27-11(3)4)28-29-9-5-8-23(21)16(25)24(22)13-7-6-12(18)14(19)15(13)20/h6-7,10-11,17H,5,8-9H2,1-4H3. The molecule has 0 bridgehead atoms. The fourth-order valence-corrected chi connectivity index (χ4v) is 2.58. The van der Waals surface area contributed by atoms with Crippen molar-refractivity contribution in [3.05, 3.63) is 29.6 Å². The molecule has 0 unspecified atom stereocenters. The summed E-state index contributed by atoms with van der Waals surface area (Å²) in [5.41, 5.74) is -1.23. The summed E-state index contributed by atoms with van der Waals surface area (Å²) in [5.74, 6) is -5.47. The number of hydrogen-bond donors (Lipinski definition) is 0. The van der Waals surface area contributed by atoms with Crippen LogP contribution in [-0.2, 0) is 13.9 Å². The molecule has 0 saturated heterocycles. The maximum absolute atomic E-state index is 13.9. The molecule has 2 amide bonds. The average molecular weight is 442 g/mol. The fourth-order valence-electron chi connectivity index (χ4n) is 1.91. The zero-order valence-electron chi connectivity index (χ0n) is 16.4. The van der Waals surface area contributed by atoms with Crippen LogP contribution < -0.4 is 5.12 Å². The monoisotopic (exact) mass is 442 g/mol. The highest BCUT2D eigenvalue weighted by Crippen LogP contribution is 2.25. The number of urea groups is 1. The highest BCUT2D eigenvalue weighted by atomic mass is 28.2.